The smallest absolute Gasteiger partial charge is 0.243 e. The molecule has 0 spiro atoms. The molecule has 1 amide bonds. The number of nitrogens with zero attached hydrogens (tertiary/aromatic N) is 3. The molecule has 0 bridgehead atoms. The highest BCUT2D eigenvalue weighted by Gasteiger charge is 1.98. The first kappa shape index (κ1) is 15.6. The lowest BCUT2D eigenvalue weighted by atomic mass is 10.2. The molecule has 1 N–H and O–H groups in total. The molecular formula is C14H18N4O2. The van der Waals surface area contributed by atoms with Crippen molar-refractivity contribution < 1.29 is 9.53 Å². The van der Waals surface area contributed by atoms with Crippen molar-refractivity contribution in [1.29, 1.82) is 0 Å². The number of carbonyl (C=O) groups excluding carboxylic acids is 1. The van der Waals surface area contributed by atoms with E-state index < -0.39 is 0 Å². The summed E-state index contributed by atoms with van der Waals surface area (Å²) in [5.41, 5.74) is 8.97. The Kier molecular flexibility index (Phi) is 6.71. The van der Waals surface area contributed by atoms with E-state index in [4.69, 9.17) is 10.3 Å². The predicted molar refractivity (Wildman–Crippen MR) is 78.3 cm³/mol. The van der Waals surface area contributed by atoms with Crippen LogP contribution in [0.1, 0.15) is 19.4 Å². The molecule has 0 atom stereocenters. The molecule has 0 aliphatic rings. The van der Waals surface area contributed by atoms with Crippen molar-refractivity contribution >= 4 is 12.0 Å². The number of rotatable bonds is 7. The molecule has 0 unspecified atom stereocenters. The number of azide groups is 1. The number of carbonyl (C=O) groups is 1. The number of hydrogen-bond acceptors (Lipinski definition) is 3. The van der Waals surface area contributed by atoms with Crippen LogP contribution in [0.15, 0.2) is 35.5 Å². The molecule has 106 valence electrons. The molecule has 0 saturated carbocycles. The van der Waals surface area contributed by atoms with Gasteiger partial charge >= 0.3 is 0 Å². The van der Waals surface area contributed by atoms with Gasteiger partial charge in [0.25, 0.3) is 0 Å². The summed E-state index contributed by atoms with van der Waals surface area (Å²) >= 11 is 0. The maximum atomic E-state index is 11.5. The minimum absolute atomic E-state index is 0.109. The molecule has 20 heavy (non-hydrogen) atoms. The maximum absolute atomic E-state index is 11.5. The Bertz CT molecular complexity index is 520. The lowest BCUT2D eigenvalue weighted by Gasteiger charge is -2.09. The largest absolute Gasteiger partial charge is 0.491 e. The molecule has 6 heteroatoms. The van der Waals surface area contributed by atoms with Crippen molar-refractivity contribution in [3.8, 4) is 5.75 Å². The van der Waals surface area contributed by atoms with E-state index in [0.29, 0.717) is 6.54 Å². The van der Waals surface area contributed by atoms with Crippen molar-refractivity contribution in [3.63, 3.8) is 0 Å². The van der Waals surface area contributed by atoms with Crippen LogP contribution in [0.25, 0.3) is 16.5 Å². The highest BCUT2D eigenvalue weighted by molar-refractivity contribution is 5.91. The zero-order chi connectivity index (χ0) is 14.8. The second kappa shape index (κ2) is 8.61. The van der Waals surface area contributed by atoms with E-state index in [1.165, 1.54) is 6.08 Å². The van der Waals surface area contributed by atoms with Crippen LogP contribution >= 0.6 is 0 Å². The molecule has 0 aromatic heterocycles. The second-order valence-corrected chi connectivity index (χ2v) is 4.32. The van der Waals surface area contributed by atoms with Crippen LogP contribution in [0.2, 0.25) is 0 Å². The minimum Gasteiger partial charge on any atom is -0.491 e. The van der Waals surface area contributed by atoms with Crippen LogP contribution in [0.5, 0.6) is 5.75 Å². The fourth-order valence-corrected chi connectivity index (χ4v) is 1.47. The van der Waals surface area contributed by atoms with Crippen LogP contribution in [0.4, 0.5) is 0 Å². The quantitative estimate of drug-likeness (QED) is 0.272. The van der Waals surface area contributed by atoms with Crippen molar-refractivity contribution in [1.82, 2.24) is 5.32 Å². The molecule has 1 aromatic rings. The first-order chi connectivity index (χ1) is 9.61. The standard InChI is InChI=1S/C14H18N4O2/c1-11(2)20-13-5-3-4-12(10-13)6-7-14(19)16-8-9-17-18-15/h3-7,10-11H,8-9H2,1-2H3,(H,16,19)/b7-6+. The van der Waals surface area contributed by atoms with Crippen LogP contribution in [0.3, 0.4) is 0 Å². The SMILES string of the molecule is CC(C)Oc1cccc(/C=C/C(=O)NCCN=[N+]=[N-])c1. The fourth-order valence-electron chi connectivity index (χ4n) is 1.47. The van der Waals surface area contributed by atoms with Gasteiger partial charge in [-0.25, -0.2) is 0 Å². The van der Waals surface area contributed by atoms with E-state index in [1.54, 1.807) is 6.08 Å². The molecule has 0 aliphatic heterocycles. The fraction of sp³-hybridized carbons (Fsp3) is 0.357. The Morgan fingerprint density at radius 1 is 1.55 bits per heavy atom. The molecule has 0 heterocycles. The molecule has 6 nitrogen and oxygen atoms in total. The molecule has 0 fully saturated rings. The van der Waals surface area contributed by atoms with E-state index in [2.05, 4.69) is 15.3 Å². The summed E-state index contributed by atoms with van der Waals surface area (Å²) < 4.78 is 5.57. The molecule has 0 saturated heterocycles. The van der Waals surface area contributed by atoms with Gasteiger partial charge in [0, 0.05) is 24.1 Å². The average Bonchev–Trinajstić information content (AvgIpc) is 2.41. The van der Waals surface area contributed by atoms with Crippen LogP contribution < -0.4 is 10.1 Å². The van der Waals surface area contributed by atoms with Gasteiger partial charge < -0.3 is 10.1 Å². The Balaban J connectivity index is 2.52. The summed E-state index contributed by atoms with van der Waals surface area (Å²) in [6, 6.07) is 7.49. The summed E-state index contributed by atoms with van der Waals surface area (Å²) in [5.74, 6) is 0.541. The second-order valence-electron chi connectivity index (χ2n) is 4.32. The van der Waals surface area contributed by atoms with Gasteiger partial charge in [-0.15, -0.1) is 0 Å². The van der Waals surface area contributed by atoms with Crippen molar-refractivity contribution in [2.24, 2.45) is 5.11 Å². The Morgan fingerprint density at radius 2 is 2.35 bits per heavy atom. The summed E-state index contributed by atoms with van der Waals surface area (Å²) in [5, 5.41) is 5.94. The van der Waals surface area contributed by atoms with E-state index in [-0.39, 0.29) is 18.6 Å². The van der Waals surface area contributed by atoms with Gasteiger partial charge in [0.2, 0.25) is 5.91 Å². The predicted octanol–water partition coefficient (Wildman–Crippen LogP) is 2.91. The molecule has 0 aliphatic carbocycles. The van der Waals surface area contributed by atoms with Crippen molar-refractivity contribution in [3.05, 3.63) is 46.3 Å². The number of amides is 1. The summed E-state index contributed by atoms with van der Waals surface area (Å²) in [4.78, 5) is 14.1. The van der Waals surface area contributed by atoms with E-state index in [0.717, 1.165) is 11.3 Å². The van der Waals surface area contributed by atoms with Gasteiger partial charge in [-0.2, -0.15) is 0 Å². The van der Waals surface area contributed by atoms with Crippen LogP contribution in [-0.4, -0.2) is 25.1 Å². The van der Waals surface area contributed by atoms with E-state index in [1.807, 2.05) is 38.1 Å². The van der Waals surface area contributed by atoms with Crippen LogP contribution in [-0.2, 0) is 4.79 Å². The number of hydrogen-bond donors (Lipinski definition) is 1. The summed E-state index contributed by atoms with van der Waals surface area (Å²) in [7, 11) is 0. The highest BCUT2D eigenvalue weighted by Crippen LogP contribution is 2.15. The average molecular weight is 274 g/mol. The van der Waals surface area contributed by atoms with Gasteiger partial charge in [0.15, 0.2) is 0 Å². The van der Waals surface area contributed by atoms with E-state index >= 15 is 0 Å². The van der Waals surface area contributed by atoms with Gasteiger partial charge in [0.1, 0.15) is 5.75 Å². The normalized spacial score (nSPS) is 10.3. The third-order valence-corrected chi connectivity index (χ3v) is 2.23. The first-order valence-electron chi connectivity index (χ1n) is 6.35. The Morgan fingerprint density at radius 3 is 3.05 bits per heavy atom. The molecule has 1 rings (SSSR count). The third-order valence-electron chi connectivity index (χ3n) is 2.23. The molecular weight excluding hydrogens is 256 g/mol. The van der Waals surface area contributed by atoms with Crippen molar-refractivity contribution in [2.75, 3.05) is 13.1 Å². The van der Waals surface area contributed by atoms with E-state index in [9.17, 15) is 4.79 Å². The number of ether oxygens (including phenoxy) is 1. The maximum Gasteiger partial charge on any atom is 0.243 e. The number of nitrogens with one attached hydrogen (secondary N) is 1. The number of benzene rings is 1. The lowest BCUT2D eigenvalue weighted by Crippen LogP contribution is -2.23. The van der Waals surface area contributed by atoms with Gasteiger partial charge in [0.05, 0.1) is 6.10 Å². The molecule has 0 radical (unpaired) electrons. The van der Waals surface area contributed by atoms with Gasteiger partial charge in [-0.1, -0.05) is 17.2 Å². The Hall–Kier alpha value is -2.46. The van der Waals surface area contributed by atoms with Crippen molar-refractivity contribution in [2.45, 2.75) is 20.0 Å². The monoisotopic (exact) mass is 274 g/mol. The minimum atomic E-state index is -0.228. The van der Waals surface area contributed by atoms with Gasteiger partial charge in [-0.05, 0) is 43.2 Å². The summed E-state index contributed by atoms with van der Waals surface area (Å²) in [6.07, 6.45) is 3.25. The highest BCUT2D eigenvalue weighted by atomic mass is 16.5. The molecule has 1 aromatic carbocycles. The van der Waals surface area contributed by atoms with Gasteiger partial charge in [-0.3, -0.25) is 4.79 Å². The topological polar surface area (TPSA) is 87.1 Å². The zero-order valence-corrected chi connectivity index (χ0v) is 11.6. The lowest BCUT2D eigenvalue weighted by molar-refractivity contribution is -0.116. The Labute approximate surface area is 118 Å². The van der Waals surface area contributed by atoms with Crippen LogP contribution in [0, 0.1) is 0 Å². The zero-order valence-electron chi connectivity index (χ0n) is 11.6. The summed E-state index contributed by atoms with van der Waals surface area (Å²) in [6.45, 7) is 4.48. The third kappa shape index (κ3) is 6.47. The first-order valence-corrected chi connectivity index (χ1v) is 6.35.